The minimum absolute atomic E-state index is 0. The van der Waals surface area contributed by atoms with Gasteiger partial charge in [-0.1, -0.05) is 11.6 Å². The van der Waals surface area contributed by atoms with E-state index in [0.29, 0.717) is 35.6 Å². The first-order chi connectivity index (χ1) is 9.49. The molecule has 0 radical (unpaired) electrons. The third-order valence-electron chi connectivity index (χ3n) is 3.74. The first-order valence-corrected chi connectivity index (χ1v) is 7.04. The monoisotopic (exact) mass is 340 g/mol. The molecule has 1 fully saturated rings. The van der Waals surface area contributed by atoms with Crippen molar-refractivity contribution < 1.29 is 13.5 Å². The summed E-state index contributed by atoms with van der Waals surface area (Å²) in [5.74, 6) is 0.649. The summed E-state index contributed by atoms with van der Waals surface area (Å²) in [5, 5.41) is 0.517. The second-order valence-corrected chi connectivity index (χ2v) is 5.68. The highest BCUT2D eigenvalue weighted by Crippen LogP contribution is 2.30. The molecule has 0 amide bonds. The molecule has 1 saturated heterocycles. The number of hydrogen-bond acceptors (Lipinski definition) is 3. The largest absolute Gasteiger partial charge is 0.434 e. The van der Waals surface area contributed by atoms with E-state index in [1.165, 1.54) is 6.07 Å². The lowest BCUT2D eigenvalue weighted by Gasteiger charge is -2.22. The minimum atomic E-state index is -2.83. The number of hydrogen-bond donors (Lipinski definition) is 1. The SMILES string of the molecule is CC1CC(CN)CN1Cc1cc(Cl)ccc1OC(F)F.Cl. The van der Waals surface area contributed by atoms with E-state index in [9.17, 15) is 8.78 Å². The van der Waals surface area contributed by atoms with Crippen molar-refractivity contribution in [2.45, 2.75) is 32.5 Å². The maximum Gasteiger partial charge on any atom is 0.387 e. The number of likely N-dealkylation sites (tertiary alicyclic amines) is 1. The average Bonchev–Trinajstić information content (AvgIpc) is 2.73. The van der Waals surface area contributed by atoms with E-state index in [4.69, 9.17) is 17.3 Å². The highest BCUT2D eigenvalue weighted by molar-refractivity contribution is 6.30. The van der Waals surface area contributed by atoms with Crippen molar-refractivity contribution >= 4 is 24.0 Å². The highest BCUT2D eigenvalue weighted by atomic mass is 35.5. The molecule has 0 aliphatic carbocycles. The molecule has 1 aliphatic rings. The van der Waals surface area contributed by atoms with Crippen molar-refractivity contribution in [2.24, 2.45) is 11.7 Å². The Labute approximate surface area is 134 Å². The molecule has 0 bridgehead atoms. The van der Waals surface area contributed by atoms with Gasteiger partial charge >= 0.3 is 6.61 Å². The number of halogens is 4. The summed E-state index contributed by atoms with van der Waals surface area (Å²) in [4.78, 5) is 2.22. The Hall–Kier alpha value is -0.620. The summed E-state index contributed by atoms with van der Waals surface area (Å²) >= 11 is 5.95. The van der Waals surface area contributed by atoms with Crippen LogP contribution < -0.4 is 10.5 Å². The summed E-state index contributed by atoms with van der Waals surface area (Å²) in [5.41, 5.74) is 6.38. The Morgan fingerprint density at radius 3 is 2.76 bits per heavy atom. The molecule has 2 atom stereocenters. The van der Waals surface area contributed by atoms with E-state index in [0.717, 1.165) is 13.0 Å². The number of ether oxygens (including phenoxy) is 1. The van der Waals surface area contributed by atoms with Crippen molar-refractivity contribution in [2.75, 3.05) is 13.1 Å². The number of alkyl halides is 2. The zero-order valence-corrected chi connectivity index (χ0v) is 13.3. The van der Waals surface area contributed by atoms with Crippen LogP contribution in [0.25, 0.3) is 0 Å². The van der Waals surface area contributed by atoms with E-state index in [2.05, 4.69) is 16.6 Å². The van der Waals surface area contributed by atoms with Gasteiger partial charge in [0.05, 0.1) is 0 Å². The van der Waals surface area contributed by atoms with Gasteiger partial charge in [-0.2, -0.15) is 8.78 Å². The molecule has 1 heterocycles. The normalized spacial score (nSPS) is 22.4. The molecular weight excluding hydrogens is 321 g/mol. The van der Waals surface area contributed by atoms with E-state index < -0.39 is 6.61 Å². The Morgan fingerprint density at radius 1 is 1.48 bits per heavy atom. The maximum absolute atomic E-state index is 12.4. The van der Waals surface area contributed by atoms with Gasteiger partial charge < -0.3 is 10.5 Å². The van der Waals surface area contributed by atoms with Gasteiger partial charge in [-0.3, -0.25) is 4.90 Å². The number of nitrogens with zero attached hydrogens (tertiary/aromatic N) is 1. The number of benzene rings is 1. The first-order valence-electron chi connectivity index (χ1n) is 6.67. The van der Waals surface area contributed by atoms with Crippen LogP contribution in [0, 0.1) is 5.92 Å². The lowest BCUT2D eigenvalue weighted by Crippen LogP contribution is -2.27. The molecule has 0 saturated carbocycles. The fourth-order valence-corrected chi connectivity index (χ4v) is 2.90. The van der Waals surface area contributed by atoms with Gasteiger partial charge in [0.2, 0.25) is 0 Å². The topological polar surface area (TPSA) is 38.5 Å². The maximum atomic E-state index is 12.4. The Bertz CT molecular complexity index is 463. The van der Waals surface area contributed by atoms with Crippen LogP contribution >= 0.6 is 24.0 Å². The van der Waals surface area contributed by atoms with Crippen LogP contribution in [0.2, 0.25) is 5.02 Å². The summed E-state index contributed by atoms with van der Waals surface area (Å²) in [7, 11) is 0. The molecule has 2 N–H and O–H groups in total. The van der Waals surface area contributed by atoms with Crippen molar-refractivity contribution in [1.82, 2.24) is 4.90 Å². The Kier molecular flexibility index (Phi) is 7.13. The summed E-state index contributed by atoms with van der Waals surface area (Å²) in [6.45, 7) is 1.35. The summed E-state index contributed by atoms with van der Waals surface area (Å²) in [6, 6.07) is 5.10. The van der Waals surface area contributed by atoms with Crippen molar-refractivity contribution in [3.8, 4) is 5.75 Å². The molecule has 2 rings (SSSR count). The summed E-state index contributed by atoms with van der Waals surface area (Å²) in [6.07, 6.45) is 1.03. The zero-order chi connectivity index (χ0) is 14.7. The molecule has 3 nitrogen and oxygen atoms in total. The fraction of sp³-hybridized carbons (Fsp3) is 0.571. The van der Waals surface area contributed by atoms with Crippen molar-refractivity contribution in [3.05, 3.63) is 28.8 Å². The molecule has 1 aliphatic heterocycles. The molecule has 1 aromatic rings. The van der Waals surface area contributed by atoms with Crippen LogP contribution in [-0.4, -0.2) is 30.6 Å². The molecule has 21 heavy (non-hydrogen) atoms. The van der Waals surface area contributed by atoms with E-state index in [1.807, 2.05) is 0 Å². The smallest absolute Gasteiger partial charge is 0.387 e. The Morgan fingerprint density at radius 2 is 2.19 bits per heavy atom. The van der Waals surface area contributed by atoms with Gasteiger partial charge in [-0.15, -0.1) is 12.4 Å². The van der Waals surface area contributed by atoms with E-state index in [1.54, 1.807) is 12.1 Å². The van der Waals surface area contributed by atoms with E-state index in [-0.39, 0.29) is 18.2 Å². The van der Waals surface area contributed by atoms with Gasteiger partial charge in [0.15, 0.2) is 0 Å². The second kappa shape index (κ2) is 8.13. The Balaban J connectivity index is 0.00000220. The zero-order valence-electron chi connectivity index (χ0n) is 11.8. The molecule has 7 heteroatoms. The van der Waals surface area contributed by atoms with E-state index >= 15 is 0 Å². The van der Waals surface area contributed by atoms with Gasteiger partial charge in [0.1, 0.15) is 5.75 Å². The van der Waals surface area contributed by atoms with Crippen LogP contribution in [0.15, 0.2) is 18.2 Å². The van der Waals surface area contributed by atoms with Gasteiger partial charge in [0, 0.05) is 29.7 Å². The van der Waals surface area contributed by atoms with Crippen LogP contribution in [0.3, 0.4) is 0 Å². The lowest BCUT2D eigenvalue weighted by molar-refractivity contribution is -0.0508. The molecular formula is C14H20Cl2F2N2O. The van der Waals surface area contributed by atoms with Gasteiger partial charge in [0.25, 0.3) is 0 Å². The van der Waals surface area contributed by atoms with Crippen LogP contribution in [0.5, 0.6) is 5.75 Å². The molecule has 2 unspecified atom stereocenters. The van der Waals surface area contributed by atoms with Crippen LogP contribution in [0.1, 0.15) is 18.9 Å². The second-order valence-electron chi connectivity index (χ2n) is 5.25. The predicted octanol–water partition coefficient (Wildman–Crippen LogP) is 3.53. The number of nitrogens with two attached hydrogens (primary N) is 1. The quantitative estimate of drug-likeness (QED) is 0.890. The molecule has 120 valence electrons. The number of rotatable bonds is 5. The molecule has 0 spiro atoms. The third-order valence-corrected chi connectivity index (χ3v) is 3.97. The van der Waals surface area contributed by atoms with Crippen LogP contribution in [-0.2, 0) is 6.54 Å². The van der Waals surface area contributed by atoms with Crippen molar-refractivity contribution in [3.63, 3.8) is 0 Å². The standard InChI is InChI=1S/C14H19ClF2N2O.ClH/c1-9-4-10(6-18)7-19(9)8-11-5-12(15)2-3-13(11)20-14(16)17;/h2-3,5,9-10,14H,4,6-8,18H2,1H3;1H. The summed E-state index contributed by atoms with van der Waals surface area (Å²) < 4.78 is 29.4. The fourth-order valence-electron chi connectivity index (χ4n) is 2.71. The predicted molar refractivity (Wildman–Crippen MR) is 82.4 cm³/mol. The molecule has 1 aromatic carbocycles. The molecule has 0 aromatic heterocycles. The van der Waals surface area contributed by atoms with Gasteiger partial charge in [-0.25, -0.2) is 0 Å². The first kappa shape index (κ1) is 18.4. The minimum Gasteiger partial charge on any atom is -0.434 e. The lowest BCUT2D eigenvalue weighted by atomic mass is 10.1. The third kappa shape index (κ3) is 4.95. The van der Waals surface area contributed by atoms with Crippen molar-refractivity contribution in [1.29, 1.82) is 0 Å². The highest BCUT2D eigenvalue weighted by Gasteiger charge is 2.28. The van der Waals surface area contributed by atoms with Crippen LogP contribution in [0.4, 0.5) is 8.78 Å². The average molecular weight is 341 g/mol. The van der Waals surface area contributed by atoms with Gasteiger partial charge in [-0.05, 0) is 44.0 Å².